The summed E-state index contributed by atoms with van der Waals surface area (Å²) < 4.78 is 6.49. The van der Waals surface area contributed by atoms with Crippen molar-refractivity contribution in [3.05, 3.63) is 191 Å². The first kappa shape index (κ1) is 49.6. The van der Waals surface area contributed by atoms with Crippen molar-refractivity contribution in [1.29, 1.82) is 0 Å². The van der Waals surface area contributed by atoms with Crippen molar-refractivity contribution in [3.63, 3.8) is 0 Å². The fourth-order valence-electron chi connectivity index (χ4n) is 8.64. The van der Waals surface area contributed by atoms with Crippen LogP contribution in [0.5, 0.6) is 0 Å². The van der Waals surface area contributed by atoms with Gasteiger partial charge in [0.05, 0.1) is 25.2 Å². The minimum absolute atomic E-state index is 0. The molecule has 0 unspecified atom stereocenters. The number of pyridine rings is 3. The number of aryl methyl sites for hydroxylation is 4. The van der Waals surface area contributed by atoms with Gasteiger partial charge in [0.15, 0.2) is 0 Å². The predicted octanol–water partition coefficient (Wildman–Crippen LogP) is 16.3. The first-order chi connectivity index (χ1) is 31.0. The van der Waals surface area contributed by atoms with E-state index in [9.17, 15) is 0 Å². The van der Waals surface area contributed by atoms with Gasteiger partial charge in [-0.15, -0.1) is 0 Å². The summed E-state index contributed by atoms with van der Waals surface area (Å²) in [6.07, 6.45) is 6.95. The van der Waals surface area contributed by atoms with Crippen LogP contribution in [0.4, 0.5) is 0 Å². The summed E-state index contributed by atoms with van der Waals surface area (Å²) in [5, 5.41) is 3.76. The number of benzene rings is 5. The van der Waals surface area contributed by atoms with Crippen LogP contribution in [0.25, 0.3) is 66.8 Å². The number of fused-ring (bicyclic) bond motifs is 3. The number of furan rings is 1. The van der Waals surface area contributed by atoms with Crippen LogP contribution in [0.1, 0.15) is 80.8 Å². The second kappa shape index (κ2) is 21.2. The zero-order chi connectivity index (χ0) is 46.5. The monoisotopic (exact) mass is 1060 g/mol. The number of rotatable bonds is 7. The molecule has 0 amide bonds. The van der Waals surface area contributed by atoms with Gasteiger partial charge in [0.1, 0.15) is 11.2 Å². The fourth-order valence-corrected chi connectivity index (χ4v) is 10.3. The summed E-state index contributed by atoms with van der Waals surface area (Å²) in [5.41, 5.74) is 18.8. The minimum atomic E-state index is -1.33. The summed E-state index contributed by atoms with van der Waals surface area (Å²) in [5.74, 6) is 0.548. The molecular formula is C60H65IrN3OSi. The number of hydrogen-bond acceptors (Lipinski definition) is 4. The Hall–Kier alpha value is -5.78. The summed E-state index contributed by atoms with van der Waals surface area (Å²) in [6, 6.07) is 48.9. The third kappa shape index (κ3) is 11.6. The van der Waals surface area contributed by atoms with Gasteiger partial charge in [0, 0.05) is 66.2 Å². The minimum Gasteiger partial charge on any atom is -0.455 e. The third-order valence-corrected chi connectivity index (χ3v) is 14.1. The molecule has 0 atom stereocenters. The van der Waals surface area contributed by atoms with E-state index in [1.165, 1.54) is 60.8 Å². The molecule has 339 valence electrons. The van der Waals surface area contributed by atoms with Gasteiger partial charge in [0.25, 0.3) is 0 Å². The smallest absolute Gasteiger partial charge is 0.144 e. The molecule has 4 heterocycles. The molecule has 0 aliphatic carbocycles. The molecule has 5 aromatic carbocycles. The van der Waals surface area contributed by atoms with Gasteiger partial charge in [-0.05, 0) is 131 Å². The molecule has 4 nitrogen and oxygen atoms in total. The van der Waals surface area contributed by atoms with E-state index in [0.717, 1.165) is 51.0 Å². The number of aromatic nitrogens is 3. The maximum atomic E-state index is 6.49. The second-order valence-corrected chi connectivity index (χ2v) is 24.7. The van der Waals surface area contributed by atoms with Crippen molar-refractivity contribution in [1.82, 2.24) is 15.0 Å². The van der Waals surface area contributed by atoms with E-state index in [2.05, 4.69) is 213 Å². The number of hydrogen-bond donors (Lipinski definition) is 0. The van der Waals surface area contributed by atoms with Crippen molar-refractivity contribution in [2.75, 3.05) is 0 Å². The molecule has 1 radical (unpaired) electrons. The normalized spacial score (nSPS) is 11.4. The SMILES string of the molecule is CC(C)c1cc(-c2ccccc2)ncc1[Si](C)(C)C.CCc1ccnc(-c2ccccc2)c1.Cc1cc(C)c(-c2ccc3c(c2)oc2c(-c4cc(C(C)(C)C)ccn4)cccc23)c(C)c1.[Ir]. The summed E-state index contributed by atoms with van der Waals surface area (Å²) in [4.78, 5) is 13.7. The molecule has 66 heavy (non-hydrogen) atoms. The Morgan fingerprint density at radius 1 is 0.591 bits per heavy atom. The molecule has 0 aliphatic rings. The average Bonchev–Trinajstić information content (AvgIpc) is 3.67. The van der Waals surface area contributed by atoms with Gasteiger partial charge < -0.3 is 4.42 Å². The van der Waals surface area contributed by atoms with Crippen LogP contribution >= 0.6 is 0 Å². The van der Waals surface area contributed by atoms with E-state index >= 15 is 0 Å². The summed E-state index contributed by atoms with van der Waals surface area (Å²) >= 11 is 0. The molecule has 0 spiro atoms. The first-order valence-corrected chi connectivity index (χ1v) is 26.6. The molecule has 9 rings (SSSR count). The molecule has 0 N–H and O–H groups in total. The molecular weight excluding hydrogens is 999 g/mol. The van der Waals surface area contributed by atoms with Gasteiger partial charge in [-0.3, -0.25) is 15.0 Å². The van der Waals surface area contributed by atoms with Gasteiger partial charge in [-0.25, -0.2) is 0 Å². The zero-order valence-corrected chi connectivity index (χ0v) is 44.3. The number of para-hydroxylation sites is 1. The fraction of sp³-hybridized carbons (Fsp3) is 0.250. The van der Waals surface area contributed by atoms with Crippen LogP contribution in [-0.2, 0) is 31.9 Å². The topological polar surface area (TPSA) is 51.8 Å². The maximum absolute atomic E-state index is 6.49. The van der Waals surface area contributed by atoms with Crippen molar-refractivity contribution in [2.45, 2.75) is 99.7 Å². The summed E-state index contributed by atoms with van der Waals surface area (Å²) in [6.45, 7) is 27.1. The van der Waals surface area contributed by atoms with Gasteiger partial charge >= 0.3 is 0 Å². The Morgan fingerprint density at radius 2 is 1.20 bits per heavy atom. The zero-order valence-electron chi connectivity index (χ0n) is 40.9. The van der Waals surface area contributed by atoms with E-state index in [4.69, 9.17) is 9.40 Å². The van der Waals surface area contributed by atoms with Crippen LogP contribution in [0.15, 0.2) is 163 Å². The van der Waals surface area contributed by atoms with Crippen LogP contribution < -0.4 is 5.19 Å². The van der Waals surface area contributed by atoms with Crippen molar-refractivity contribution < 1.29 is 24.5 Å². The molecule has 9 aromatic rings. The van der Waals surface area contributed by atoms with Gasteiger partial charge in [0.2, 0.25) is 0 Å². The predicted molar refractivity (Wildman–Crippen MR) is 281 cm³/mol. The maximum Gasteiger partial charge on any atom is 0.144 e. The van der Waals surface area contributed by atoms with E-state index in [-0.39, 0.29) is 25.5 Å². The van der Waals surface area contributed by atoms with E-state index < -0.39 is 8.07 Å². The molecule has 0 saturated heterocycles. The molecule has 0 fully saturated rings. The Kier molecular flexibility index (Phi) is 16.0. The Morgan fingerprint density at radius 3 is 1.79 bits per heavy atom. The molecule has 6 heteroatoms. The van der Waals surface area contributed by atoms with Crippen LogP contribution in [-0.4, -0.2) is 23.0 Å². The Balaban J connectivity index is 0.000000180. The van der Waals surface area contributed by atoms with Crippen LogP contribution in [0.3, 0.4) is 0 Å². The standard InChI is InChI=1S/C30H29NO.C17H23NSi.C13H13N.Ir/c1-18-14-19(2)28(20(3)15-18)21-10-11-23-24-8-7-9-25(29(24)32-27(23)16-21)26-17-22(12-13-31-26)30(4,5)6;1-13(2)15-11-16(14-9-7-6-8-10-14)18-12-17(15)19(3,4)5;1-2-11-8-9-14-13(10-11)12-6-4-3-5-7-12;/h7-17H,1-6H3;6-13H,1-5H3;3-10H,2H2,1H3;. The third-order valence-electron chi connectivity index (χ3n) is 12.1. The van der Waals surface area contributed by atoms with E-state index in [1.807, 2.05) is 36.7 Å². The Labute approximate surface area is 408 Å². The molecule has 0 bridgehead atoms. The van der Waals surface area contributed by atoms with Crippen LogP contribution in [0.2, 0.25) is 19.6 Å². The molecule has 0 aliphatic heterocycles. The van der Waals surface area contributed by atoms with E-state index in [0.29, 0.717) is 5.92 Å². The summed E-state index contributed by atoms with van der Waals surface area (Å²) in [7, 11) is -1.33. The Bertz CT molecular complexity index is 3030. The van der Waals surface area contributed by atoms with Crippen molar-refractivity contribution in [3.8, 4) is 44.9 Å². The van der Waals surface area contributed by atoms with Gasteiger partial charge in [-0.1, -0.05) is 158 Å². The molecule has 4 aromatic heterocycles. The number of nitrogens with zero attached hydrogens (tertiary/aromatic N) is 3. The average molecular weight is 1060 g/mol. The van der Waals surface area contributed by atoms with E-state index in [1.54, 1.807) is 0 Å². The largest absolute Gasteiger partial charge is 0.455 e. The van der Waals surface area contributed by atoms with Crippen LogP contribution in [0, 0.1) is 20.8 Å². The molecule has 0 saturated carbocycles. The first-order valence-electron chi connectivity index (χ1n) is 23.1. The quantitative estimate of drug-likeness (QED) is 0.149. The van der Waals surface area contributed by atoms with Crippen molar-refractivity contribution >= 4 is 35.2 Å². The van der Waals surface area contributed by atoms with Gasteiger partial charge in [-0.2, -0.15) is 0 Å². The second-order valence-electron chi connectivity index (χ2n) is 19.6. The van der Waals surface area contributed by atoms with Crippen molar-refractivity contribution in [2.24, 2.45) is 0 Å².